The highest BCUT2D eigenvalue weighted by Gasteiger charge is 2.34. The Morgan fingerprint density at radius 3 is 2.50 bits per heavy atom. The molecule has 180 valence electrons. The van der Waals surface area contributed by atoms with Gasteiger partial charge in [-0.15, -0.1) is 13.2 Å². The third-order valence-electron chi connectivity index (χ3n) is 5.61. The number of nitroso groups, excluding NO2 is 1. The van der Waals surface area contributed by atoms with Crippen LogP contribution in [0.4, 0.5) is 18.9 Å². The molecule has 0 aliphatic carbocycles. The zero-order chi connectivity index (χ0) is 23.6. The lowest BCUT2D eigenvalue weighted by atomic mass is 9.90. The van der Waals surface area contributed by atoms with E-state index in [1.807, 2.05) is 18.2 Å². The summed E-state index contributed by atoms with van der Waals surface area (Å²) in [5, 5.41) is 2.33. The molecule has 4 rings (SSSR count). The Hall–Kier alpha value is -3.80. The lowest BCUT2D eigenvalue weighted by Crippen LogP contribution is -2.56. The van der Waals surface area contributed by atoms with E-state index >= 15 is 0 Å². The number of piperidine rings is 1. The van der Waals surface area contributed by atoms with E-state index in [-0.39, 0.29) is 22.9 Å². The van der Waals surface area contributed by atoms with Crippen molar-refractivity contribution >= 4 is 22.5 Å². The number of rotatable bonds is 5. The molecule has 9 nitrogen and oxygen atoms in total. The fourth-order valence-electron chi connectivity index (χ4n) is 4.01. The van der Waals surface area contributed by atoms with Crippen molar-refractivity contribution in [2.75, 3.05) is 20.2 Å². The van der Waals surface area contributed by atoms with Crippen molar-refractivity contribution in [2.24, 2.45) is 0 Å². The molecule has 0 radical (unpaired) electrons. The number of methoxy groups -OCH3 is 1. The van der Waals surface area contributed by atoms with E-state index in [1.54, 1.807) is 12.0 Å². The molecular formula is C22H21F3N4O5. The summed E-state index contributed by atoms with van der Waals surface area (Å²) in [5.41, 5.74) is 1.31. The Morgan fingerprint density at radius 1 is 1.12 bits per heavy atom. The van der Waals surface area contributed by atoms with Gasteiger partial charge in [0.25, 0.3) is 11.6 Å². The molecule has 2 N–H and O–H groups in total. The molecule has 2 aromatic carbocycles. The van der Waals surface area contributed by atoms with Crippen molar-refractivity contribution in [3.63, 3.8) is 0 Å². The standard InChI is InChI=1S/C22H19F3N4O4.H2O/c1-32-15-3-4-16-17(11-15)26-12-27-20(16)13-6-8-29(9-7-13)21(30)14-2-5-19(18(10-14)28-31)33-22(23,24)25;/h2-5,10-13H,6-9H2,1H3;1H2. The van der Waals surface area contributed by atoms with E-state index in [0.29, 0.717) is 31.7 Å². The molecule has 0 bridgehead atoms. The van der Waals surface area contributed by atoms with Gasteiger partial charge in [-0.1, -0.05) is 0 Å². The van der Waals surface area contributed by atoms with Gasteiger partial charge in [0.05, 0.1) is 18.3 Å². The highest BCUT2D eigenvalue weighted by atomic mass is 19.4. The average Bonchev–Trinajstić information content (AvgIpc) is 2.82. The van der Waals surface area contributed by atoms with Gasteiger partial charge in [-0.25, -0.2) is 9.97 Å². The largest absolute Gasteiger partial charge is 0.870 e. The first-order chi connectivity index (χ1) is 15.8. The van der Waals surface area contributed by atoms with Gasteiger partial charge in [0.1, 0.15) is 12.1 Å². The minimum Gasteiger partial charge on any atom is -0.870 e. The van der Waals surface area contributed by atoms with Gasteiger partial charge in [0, 0.05) is 52.2 Å². The summed E-state index contributed by atoms with van der Waals surface area (Å²) >= 11 is 0. The molecule has 0 spiro atoms. The van der Waals surface area contributed by atoms with E-state index in [4.69, 9.17) is 4.74 Å². The van der Waals surface area contributed by atoms with Crippen LogP contribution in [0.25, 0.3) is 10.9 Å². The lowest BCUT2D eigenvalue weighted by Gasteiger charge is -2.32. The first kappa shape index (κ1) is 24.8. The van der Waals surface area contributed by atoms with Crippen LogP contribution in [0, 0.1) is 4.91 Å². The van der Waals surface area contributed by atoms with Gasteiger partial charge in [-0.2, -0.15) is 0 Å². The van der Waals surface area contributed by atoms with Gasteiger partial charge in [-0.05, 0) is 37.1 Å². The van der Waals surface area contributed by atoms with Crippen LogP contribution in [0.1, 0.15) is 34.8 Å². The van der Waals surface area contributed by atoms with E-state index in [9.17, 15) is 22.9 Å². The van der Waals surface area contributed by atoms with Crippen LogP contribution < -0.4 is 14.7 Å². The summed E-state index contributed by atoms with van der Waals surface area (Å²) in [7, 11) is 1.59. The number of ether oxygens (including phenoxy) is 2. The third-order valence-corrected chi connectivity index (χ3v) is 5.61. The number of halogens is 3. The van der Waals surface area contributed by atoms with Crippen LogP contribution >= 0.6 is 0 Å². The average molecular weight is 478 g/mol. The Bertz CT molecular complexity index is 1200. The number of fused-ring (bicyclic) bond motifs is 1. The molecule has 1 aromatic heterocycles. The second kappa shape index (κ2) is 10.00. The number of amides is 1. The van der Waals surface area contributed by atoms with Crippen LogP contribution in [-0.4, -0.2) is 52.8 Å². The highest BCUT2D eigenvalue weighted by Crippen LogP contribution is 2.33. The number of nitrogens with zero attached hydrogens (tertiary/aromatic N) is 3. The van der Waals surface area contributed by atoms with Gasteiger partial charge in [0.15, 0.2) is 0 Å². The summed E-state index contributed by atoms with van der Waals surface area (Å²) in [4.78, 5) is 34.4. The van der Waals surface area contributed by atoms with Crippen molar-refractivity contribution in [2.45, 2.75) is 25.1 Å². The predicted octanol–water partition coefficient (Wildman–Crippen LogP) is 2.86. The van der Waals surface area contributed by atoms with Gasteiger partial charge < -0.3 is 19.8 Å². The van der Waals surface area contributed by atoms with E-state index in [1.165, 1.54) is 17.6 Å². The van der Waals surface area contributed by atoms with E-state index in [2.05, 4.69) is 14.7 Å². The molecule has 1 aliphatic heterocycles. The Balaban J connectivity index is 0.00000324. The highest BCUT2D eigenvalue weighted by molar-refractivity contribution is 5.95. The molecule has 0 atom stereocenters. The second-order valence-corrected chi connectivity index (χ2v) is 7.57. The normalized spacial score (nSPS) is 14.4. The number of hydrogen-bond donors (Lipinski definition) is 1. The molecule has 0 saturated carbocycles. The number of benzene rings is 2. The lowest BCUT2D eigenvalue weighted by molar-refractivity contribution is -0.383. The minimum absolute atomic E-state index is 0. The first-order valence-corrected chi connectivity index (χ1v) is 10.1. The number of alkyl halides is 3. The van der Waals surface area contributed by atoms with Crippen LogP contribution in [0.2, 0.25) is 0 Å². The quantitative estimate of drug-likeness (QED) is 0.598. The van der Waals surface area contributed by atoms with Gasteiger partial charge in [-0.3, -0.25) is 4.79 Å². The summed E-state index contributed by atoms with van der Waals surface area (Å²) in [6.45, 7) is 0.873. The van der Waals surface area contributed by atoms with Crippen LogP contribution in [0.3, 0.4) is 0 Å². The number of hydrogen-bond acceptors (Lipinski definition) is 7. The number of nitrogens with one attached hydrogen (secondary N) is 1. The number of carbonyl (C=O) groups excluding carboxylic acids is 1. The summed E-state index contributed by atoms with van der Waals surface area (Å²) in [6.07, 6.45) is -2.12. The van der Waals surface area contributed by atoms with Crippen LogP contribution in [0.15, 0.2) is 42.7 Å². The van der Waals surface area contributed by atoms with Crippen LogP contribution in [-0.2, 0) is 0 Å². The monoisotopic (exact) mass is 478 g/mol. The van der Waals surface area contributed by atoms with Crippen molar-refractivity contribution in [1.82, 2.24) is 14.9 Å². The molecule has 3 aromatic rings. The van der Waals surface area contributed by atoms with Crippen molar-refractivity contribution < 1.29 is 38.1 Å². The minimum atomic E-state index is -4.95. The van der Waals surface area contributed by atoms with Gasteiger partial charge >= 0.3 is 6.36 Å². The maximum atomic E-state index is 12.9. The topological polar surface area (TPSA) is 126 Å². The molecule has 1 fully saturated rings. The fourth-order valence-corrected chi connectivity index (χ4v) is 4.01. The van der Waals surface area contributed by atoms with Crippen molar-refractivity contribution in [3.8, 4) is 11.5 Å². The molecular weight excluding hydrogens is 457 g/mol. The zero-order valence-electron chi connectivity index (χ0n) is 18.0. The molecule has 0 unspecified atom stereocenters. The summed E-state index contributed by atoms with van der Waals surface area (Å²) in [5.74, 6) is -0.249. The SMILES string of the molecule is COc1ccc2c(C3CCN(C(=O)c4ccc(OC(F)(F)F)c([NH+]=O)c4)CC3)ncnc2c1.[OH-]. The molecule has 1 aliphatic rings. The molecule has 34 heavy (non-hydrogen) atoms. The third kappa shape index (κ3) is 5.22. The predicted molar refractivity (Wildman–Crippen MR) is 113 cm³/mol. The molecule has 12 heteroatoms. The zero-order valence-corrected chi connectivity index (χ0v) is 18.0. The second-order valence-electron chi connectivity index (χ2n) is 7.57. The van der Waals surface area contributed by atoms with Crippen LogP contribution in [0.5, 0.6) is 11.5 Å². The van der Waals surface area contributed by atoms with Crippen molar-refractivity contribution in [1.29, 1.82) is 0 Å². The Kier molecular flexibility index (Phi) is 7.30. The number of carbonyl (C=O) groups is 1. The van der Waals surface area contributed by atoms with E-state index < -0.39 is 17.8 Å². The first-order valence-electron chi connectivity index (χ1n) is 10.1. The van der Waals surface area contributed by atoms with Crippen molar-refractivity contribution in [3.05, 3.63) is 58.9 Å². The molecule has 1 saturated heterocycles. The maximum Gasteiger partial charge on any atom is 0.573 e. The Morgan fingerprint density at radius 2 is 1.85 bits per heavy atom. The molecule has 2 heterocycles. The number of aromatic nitrogens is 2. The van der Waals surface area contributed by atoms with Gasteiger partial charge in [0.2, 0.25) is 5.75 Å². The maximum absolute atomic E-state index is 12.9. The Labute approximate surface area is 191 Å². The summed E-state index contributed by atoms with van der Waals surface area (Å²) < 4.78 is 46.5. The fraction of sp³-hybridized carbons (Fsp3) is 0.318. The number of likely N-dealkylation sites (tertiary alicyclic amines) is 1. The summed E-state index contributed by atoms with van der Waals surface area (Å²) in [6, 6.07) is 8.84. The molecule has 1 amide bonds. The smallest absolute Gasteiger partial charge is 0.573 e. The van der Waals surface area contributed by atoms with E-state index in [0.717, 1.165) is 28.7 Å².